The highest BCUT2D eigenvalue weighted by molar-refractivity contribution is 5.89. The number of carbonyl (C=O) groups is 1. The van der Waals surface area contributed by atoms with E-state index in [9.17, 15) is 9.59 Å². The molecule has 0 unspecified atom stereocenters. The molecule has 1 aromatic carbocycles. The zero-order chi connectivity index (χ0) is 20.2. The van der Waals surface area contributed by atoms with E-state index in [0.717, 1.165) is 25.0 Å². The third-order valence-corrected chi connectivity index (χ3v) is 4.76. The largest absolute Gasteiger partial charge is 0.491 e. The Morgan fingerprint density at radius 3 is 2.83 bits per heavy atom. The molecule has 0 radical (unpaired) electrons. The first-order valence-corrected chi connectivity index (χ1v) is 9.59. The summed E-state index contributed by atoms with van der Waals surface area (Å²) in [4.78, 5) is 28.9. The summed E-state index contributed by atoms with van der Waals surface area (Å²) in [5.74, 6) is 0.193. The Hall–Kier alpha value is -3.19. The topological polar surface area (TPSA) is 79.1 Å². The molecule has 1 fully saturated rings. The van der Waals surface area contributed by atoms with Gasteiger partial charge in [-0.05, 0) is 55.7 Å². The number of hydrogen-bond acceptors (Lipinski definition) is 6. The van der Waals surface area contributed by atoms with E-state index < -0.39 is 5.97 Å². The highest BCUT2D eigenvalue weighted by Gasteiger charge is 2.16. The lowest BCUT2D eigenvalue weighted by molar-refractivity contribution is 0.0467. The molecule has 0 spiro atoms. The summed E-state index contributed by atoms with van der Waals surface area (Å²) in [6.45, 7) is 3.12. The molecule has 3 heterocycles. The summed E-state index contributed by atoms with van der Waals surface area (Å²) < 4.78 is 18.0. The van der Waals surface area contributed by atoms with Gasteiger partial charge in [0.15, 0.2) is 0 Å². The number of ether oxygens (including phenoxy) is 3. The molecule has 0 saturated carbocycles. The lowest BCUT2D eigenvalue weighted by Gasteiger charge is -2.11. The van der Waals surface area contributed by atoms with E-state index in [0.29, 0.717) is 29.3 Å². The van der Waals surface area contributed by atoms with Gasteiger partial charge in [-0.1, -0.05) is 6.07 Å². The number of rotatable bonds is 6. The fraction of sp³-hybridized carbons (Fsp3) is 0.318. The highest BCUT2D eigenvalue weighted by atomic mass is 16.5. The Bertz CT molecular complexity index is 1070. The minimum absolute atomic E-state index is 0.0737. The minimum Gasteiger partial charge on any atom is -0.491 e. The zero-order valence-corrected chi connectivity index (χ0v) is 16.2. The molecule has 0 N–H and O–H groups in total. The van der Waals surface area contributed by atoms with Crippen molar-refractivity contribution in [1.29, 1.82) is 0 Å². The first-order valence-electron chi connectivity index (χ1n) is 9.59. The van der Waals surface area contributed by atoms with Gasteiger partial charge in [-0.15, -0.1) is 0 Å². The van der Waals surface area contributed by atoms with Gasteiger partial charge in [0.1, 0.15) is 24.6 Å². The second kappa shape index (κ2) is 8.45. The molecule has 1 saturated heterocycles. The van der Waals surface area contributed by atoms with Gasteiger partial charge in [-0.3, -0.25) is 9.20 Å². The van der Waals surface area contributed by atoms with Crippen LogP contribution in [0.4, 0.5) is 0 Å². The van der Waals surface area contributed by atoms with E-state index in [2.05, 4.69) is 4.98 Å². The van der Waals surface area contributed by atoms with Crippen LogP contribution in [0.15, 0.2) is 53.5 Å². The number of aryl methyl sites for hydroxylation is 1. The third-order valence-electron chi connectivity index (χ3n) is 4.76. The fourth-order valence-electron chi connectivity index (χ4n) is 3.21. The van der Waals surface area contributed by atoms with Crippen LogP contribution in [0.1, 0.15) is 34.5 Å². The number of esters is 1. The first-order chi connectivity index (χ1) is 14.1. The quantitative estimate of drug-likeness (QED) is 0.598. The fourth-order valence-corrected chi connectivity index (χ4v) is 3.21. The molecule has 0 amide bonds. The first kappa shape index (κ1) is 19.1. The standard InChI is InChI=1S/C22H22N2O5/c1-15-4-9-20-23-17(11-21(25)24(20)12-15)13-29-22(26)16-5-7-18(8-6-16)28-14-19-3-2-10-27-19/h4-9,11-12,19H,2-3,10,13-14H2,1H3/t19-/m0/s1. The summed E-state index contributed by atoms with van der Waals surface area (Å²) in [6.07, 6.45) is 3.94. The van der Waals surface area contributed by atoms with Crippen LogP contribution in [0.5, 0.6) is 5.75 Å². The van der Waals surface area contributed by atoms with Gasteiger partial charge in [0, 0.05) is 18.9 Å². The highest BCUT2D eigenvalue weighted by Crippen LogP contribution is 2.17. The van der Waals surface area contributed by atoms with Crippen molar-refractivity contribution in [3.63, 3.8) is 0 Å². The van der Waals surface area contributed by atoms with E-state index in [1.165, 1.54) is 10.5 Å². The average Bonchev–Trinajstić information content (AvgIpc) is 3.25. The molecule has 0 aliphatic carbocycles. The Morgan fingerprint density at radius 1 is 1.24 bits per heavy atom. The number of benzene rings is 1. The summed E-state index contributed by atoms with van der Waals surface area (Å²) >= 11 is 0. The van der Waals surface area contributed by atoms with Gasteiger partial charge in [0.2, 0.25) is 0 Å². The van der Waals surface area contributed by atoms with E-state index in [1.54, 1.807) is 36.5 Å². The molecule has 4 rings (SSSR count). The number of fused-ring (bicyclic) bond motifs is 1. The predicted octanol–water partition coefficient (Wildman–Crippen LogP) is 2.92. The van der Waals surface area contributed by atoms with E-state index in [4.69, 9.17) is 14.2 Å². The Balaban J connectivity index is 1.36. The van der Waals surface area contributed by atoms with Crippen LogP contribution >= 0.6 is 0 Å². The van der Waals surface area contributed by atoms with Crippen LogP contribution in [-0.2, 0) is 16.1 Å². The van der Waals surface area contributed by atoms with Crippen molar-refractivity contribution >= 4 is 11.6 Å². The molecule has 0 bridgehead atoms. The van der Waals surface area contributed by atoms with Crippen molar-refractivity contribution in [3.8, 4) is 5.75 Å². The van der Waals surface area contributed by atoms with Crippen LogP contribution in [-0.4, -0.2) is 34.7 Å². The predicted molar refractivity (Wildman–Crippen MR) is 106 cm³/mol. The normalized spacial score (nSPS) is 16.1. The molecule has 150 valence electrons. The third kappa shape index (κ3) is 4.63. The van der Waals surface area contributed by atoms with Gasteiger partial charge in [0.25, 0.3) is 5.56 Å². The summed E-state index contributed by atoms with van der Waals surface area (Å²) in [5.41, 5.74) is 2.08. The van der Waals surface area contributed by atoms with E-state index in [1.807, 2.05) is 13.0 Å². The van der Waals surface area contributed by atoms with Gasteiger partial charge < -0.3 is 14.2 Å². The van der Waals surface area contributed by atoms with Crippen molar-refractivity contribution in [1.82, 2.24) is 9.38 Å². The molecule has 2 aromatic heterocycles. The number of aromatic nitrogens is 2. The maximum Gasteiger partial charge on any atom is 0.338 e. The van der Waals surface area contributed by atoms with Gasteiger partial charge in [0.05, 0.1) is 17.4 Å². The van der Waals surface area contributed by atoms with Crippen LogP contribution < -0.4 is 10.3 Å². The maximum atomic E-state index is 12.3. The van der Waals surface area contributed by atoms with E-state index >= 15 is 0 Å². The van der Waals surface area contributed by atoms with Crippen molar-refractivity contribution in [2.24, 2.45) is 0 Å². The molecule has 1 aliphatic heterocycles. The lowest BCUT2D eigenvalue weighted by Crippen LogP contribution is -2.17. The van der Waals surface area contributed by atoms with Crippen LogP contribution in [0.2, 0.25) is 0 Å². The smallest absolute Gasteiger partial charge is 0.338 e. The number of nitrogens with zero attached hydrogens (tertiary/aromatic N) is 2. The van der Waals surface area contributed by atoms with Crippen LogP contribution in [0.25, 0.3) is 5.65 Å². The molecular weight excluding hydrogens is 372 g/mol. The van der Waals surface area contributed by atoms with Gasteiger partial charge in [-0.2, -0.15) is 0 Å². The van der Waals surface area contributed by atoms with Crippen molar-refractivity contribution in [3.05, 3.63) is 75.8 Å². The Labute approximate surface area is 167 Å². The maximum absolute atomic E-state index is 12.3. The Morgan fingerprint density at radius 2 is 2.07 bits per heavy atom. The van der Waals surface area contributed by atoms with Gasteiger partial charge >= 0.3 is 5.97 Å². The lowest BCUT2D eigenvalue weighted by atomic mass is 10.2. The molecule has 1 aliphatic rings. The van der Waals surface area contributed by atoms with E-state index in [-0.39, 0.29) is 18.3 Å². The zero-order valence-electron chi connectivity index (χ0n) is 16.2. The average molecular weight is 394 g/mol. The van der Waals surface area contributed by atoms with Crippen molar-refractivity contribution < 1.29 is 19.0 Å². The molecule has 7 nitrogen and oxygen atoms in total. The van der Waals surface area contributed by atoms with Crippen molar-refractivity contribution in [2.75, 3.05) is 13.2 Å². The summed E-state index contributed by atoms with van der Waals surface area (Å²) in [7, 11) is 0. The molecule has 7 heteroatoms. The summed E-state index contributed by atoms with van der Waals surface area (Å²) in [5, 5.41) is 0. The van der Waals surface area contributed by atoms with Crippen molar-refractivity contribution in [2.45, 2.75) is 32.5 Å². The Kier molecular flexibility index (Phi) is 5.57. The van der Waals surface area contributed by atoms with Crippen LogP contribution in [0, 0.1) is 6.92 Å². The molecule has 3 aromatic rings. The SMILES string of the molecule is Cc1ccc2nc(COC(=O)c3ccc(OC[C@@H]4CCCO4)cc3)cc(=O)n2c1. The molecule has 29 heavy (non-hydrogen) atoms. The second-order valence-electron chi connectivity index (χ2n) is 7.07. The summed E-state index contributed by atoms with van der Waals surface area (Å²) in [6, 6.07) is 11.8. The number of hydrogen-bond donors (Lipinski definition) is 0. The van der Waals surface area contributed by atoms with Crippen LogP contribution in [0.3, 0.4) is 0 Å². The second-order valence-corrected chi connectivity index (χ2v) is 7.07. The molecular formula is C22H22N2O5. The molecule has 1 atom stereocenters. The van der Waals surface area contributed by atoms with Gasteiger partial charge in [-0.25, -0.2) is 9.78 Å². The monoisotopic (exact) mass is 394 g/mol. The minimum atomic E-state index is -0.485. The number of carbonyl (C=O) groups excluding carboxylic acids is 1. The number of pyridine rings is 1.